The maximum Gasteiger partial charge on any atom is 0.409 e. The fourth-order valence-corrected chi connectivity index (χ4v) is 5.42. The third kappa shape index (κ3) is 5.80. The van der Waals surface area contributed by atoms with Crippen LogP contribution in [0.5, 0.6) is 0 Å². The Labute approximate surface area is 226 Å². The van der Waals surface area contributed by atoms with Crippen LogP contribution in [0, 0.1) is 11.8 Å². The first-order chi connectivity index (χ1) is 18.9. The van der Waals surface area contributed by atoms with Crippen molar-refractivity contribution in [3.63, 3.8) is 0 Å². The molecule has 1 unspecified atom stereocenters. The largest absolute Gasteiger partial charge is 0.449 e. The quantitative estimate of drug-likeness (QED) is 0.355. The Bertz CT molecular complexity index is 1210. The average molecular weight is 544 g/mol. The number of nitrogen functional groups attached to an aromatic ring is 1. The SMILES string of the molecule is Nc1nc(CCCC2CCN(C(=O)OCC3CC3)CC2)nc2c1ncn2[C@@H]1O[C@H](C(=O)NC2CC2)[C@H](O)C1O. The van der Waals surface area contributed by atoms with Crippen molar-refractivity contribution < 1.29 is 29.3 Å². The number of nitrogens with two attached hydrogens (primary N) is 1. The number of hydrogen-bond donors (Lipinski definition) is 4. The van der Waals surface area contributed by atoms with Crippen molar-refractivity contribution in [1.82, 2.24) is 29.7 Å². The molecule has 212 valence electrons. The molecule has 5 N–H and O–H groups in total. The van der Waals surface area contributed by atoms with Crippen molar-refractivity contribution in [2.24, 2.45) is 11.8 Å². The molecule has 13 heteroatoms. The number of aliphatic hydroxyl groups is 2. The van der Waals surface area contributed by atoms with E-state index in [2.05, 4.69) is 20.3 Å². The first-order valence-electron chi connectivity index (χ1n) is 14.1. The molecule has 0 radical (unpaired) electrons. The third-order valence-corrected chi connectivity index (χ3v) is 8.21. The Morgan fingerprint density at radius 1 is 1.08 bits per heavy atom. The first-order valence-corrected chi connectivity index (χ1v) is 14.1. The normalized spacial score (nSPS) is 27.7. The van der Waals surface area contributed by atoms with Crippen molar-refractivity contribution in [1.29, 1.82) is 0 Å². The Morgan fingerprint density at radius 2 is 1.85 bits per heavy atom. The predicted octanol–water partition coefficient (Wildman–Crippen LogP) is 0.888. The third-order valence-electron chi connectivity index (χ3n) is 8.21. The molecule has 2 aliphatic heterocycles. The van der Waals surface area contributed by atoms with E-state index in [4.69, 9.17) is 15.2 Å². The highest BCUT2D eigenvalue weighted by molar-refractivity contribution is 5.83. The summed E-state index contributed by atoms with van der Waals surface area (Å²) in [6.07, 6.45) is 4.79. The highest BCUT2D eigenvalue weighted by Gasteiger charge is 2.48. The molecule has 6 rings (SSSR count). The van der Waals surface area contributed by atoms with Gasteiger partial charge in [-0.1, -0.05) is 0 Å². The van der Waals surface area contributed by atoms with Crippen molar-refractivity contribution >= 4 is 29.0 Å². The molecule has 39 heavy (non-hydrogen) atoms. The summed E-state index contributed by atoms with van der Waals surface area (Å²) < 4.78 is 12.7. The van der Waals surface area contributed by atoms with E-state index < -0.39 is 30.4 Å². The Morgan fingerprint density at radius 3 is 2.56 bits per heavy atom. The minimum absolute atomic E-state index is 0.106. The zero-order valence-electron chi connectivity index (χ0n) is 21.9. The van der Waals surface area contributed by atoms with Gasteiger partial charge in [-0.3, -0.25) is 9.36 Å². The van der Waals surface area contributed by atoms with Gasteiger partial charge in [0.2, 0.25) is 0 Å². The van der Waals surface area contributed by atoms with Gasteiger partial charge in [0.05, 0.1) is 12.9 Å². The maximum atomic E-state index is 12.5. The number of fused-ring (bicyclic) bond motifs is 1. The lowest BCUT2D eigenvalue weighted by atomic mass is 9.91. The van der Waals surface area contributed by atoms with Gasteiger partial charge < -0.3 is 35.6 Å². The number of hydrogen-bond acceptors (Lipinski definition) is 10. The van der Waals surface area contributed by atoms with E-state index in [-0.39, 0.29) is 18.0 Å². The second-order valence-corrected chi connectivity index (χ2v) is 11.4. The number of aryl methyl sites for hydroxylation is 1. The Balaban J connectivity index is 1.04. The van der Waals surface area contributed by atoms with Crippen LogP contribution in [0.4, 0.5) is 10.6 Å². The molecule has 2 aromatic rings. The van der Waals surface area contributed by atoms with E-state index in [9.17, 15) is 19.8 Å². The molecule has 2 aliphatic carbocycles. The minimum atomic E-state index is -1.38. The molecule has 13 nitrogen and oxygen atoms in total. The van der Waals surface area contributed by atoms with Gasteiger partial charge in [-0.25, -0.2) is 19.7 Å². The van der Waals surface area contributed by atoms with Crippen LogP contribution in [0.15, 0.2) is 6.33 Å². The molecular weight excluding hydrogens is 506 g/mol. The maximum absolute atomic E-state index is 12.5. The number of imidazole rings is 1. The number of ether oxygens (including phenoxy) is 2. The molecule has 4 heterocycles. The Kier molecular flexibility index (Phi) is 7.29. The summed E-state index contributed by atoms with van der Waals surface area (Å²) in [4.78, 5) is 39.9. The average Bonchev–Trinajstić information content (AvgIpc) is 3.86. The van der Waals surface area contributed by atoms with Crippen LogP contribution in [0.2, 0.25) is 0 Å². The lowest BCUT2D eigenvalue weighted by Crippen LogP contribution is -2.43. The number of rotatable bonds is 9. The fourth-order valence-electron chi connectivity index (χ4n) is 5.42. The highest BCUT2D eigenvalue weighted by Crippen LogP contribution is 2.33. The van der Waals surface area contributed by atoms with Crippen LogP contribution >= 0.6 is 0 Å². The van der Waals surface area contributed by atoms with E-state index in [1.807, 2.05) is 4.90 Å². The van der Waals surface area contributed by atoms with E-state index in [1.165, 1.54) is 23.7 Å². The molecule has 4 aliphatic rings. The zero-order chi connectivity index (χ0) is 27.1. The van der Waals surface area contributed by atoms with Gasteiger partial charge in [0.1, 0.15) is 23.5 Å². The molecule has 0 spiro atoms. The van der Waals surface area contributed by atoms with Gasteiger partial charge in [-0.2, -0.15) is 0 Å². The van der Waals surface area contributed by atoms with Gasteiger partial charge in [-0.05, 0) is 63.2 Å². The van der Waals surface area contributed by atoms with Crippen molar-refractivity contribution in [2.45, 2.75) is 88.4 Å². The van der Waals surface area contributed by atoms with E-state index in [0.29, 0.717) is 41.9 Å². The second-order valence-electron chi connectivity index (χ2n) is 11.4. The van der Waals surface area contributed by atoms with E-state index >= 15 is 0 Å². The topological polar surface area (TPSA) is 178 Å². The number of carbonyl (C=O) groups excluding carboxylic acids is 2. The zero-order valence-corrected chi connectivity index (χ0v) is 21.9. The summed E-state index contributed by atoms with van der Waals surface area (Å²) in [6.45, 7) is 1.99. The molecule has 0 aromatic carbocycles. The standard InChI is InChI=1S/C26H37N7O6/c27-22-18-23(33(13-28-18)25-20(35)19(34)21(39-25)24(36)29-16-6-7-16)31-17(30-22)3-1-2-14-8-10-32(11-9-14)26(37)38-12-15-4-5-15/h13-16,19-21,25,34-35H,1-12H2,(H,29,36)(H2,27,30,31)/t19-,20?,21+,25-/m1/s1. The van der Waals surface area contributed by atoms with Gasteiger partial charge in [0, 0.05) is 25.6 Å². The van der Waals surface area contributed by atoms with Crippen molar-refractivity contribution in [3.05, 3.63) is 12.2 Å². The number of aliphatic hydroxyl groups excluding tert-OH is 2. The molecule has 2 saturated carbocycles. The van der Waals surface area contributed by atoms with E-state index in [0.717, 1.165) is 51.6 Å². The molecule has 2 aromatic heterocycles. The number of nitrogens with one attached hydrogen (secondary N) is 1. The smallest absolute Gasteiger partial charge is 0.409 e. The molecule has 2 amide bonds. The number of amides is 2. The van der Waals surface area contributed by atoms with Crippen LogP contribution in [-0.4, -0.2) is 90.7 Å². The molecule has 4 atom stereocenters. The number of piperidine rings is 1. The number of carbonyl (C=O) groups is 2. The van der Waals surface area contributed by atoms with Crippen molar-refractivity contribution in [3.8, 4) is 0 Å². The lowest BCUT2D eigenvalue weighted by molar-refractivity contribution is -0.137. The summed E-state index contributed by atoms with van der Waals surface area (Å²) in [5.74, 6) is 1.43. The van der Waals surface area contributed by atoms with Gasteiger partial charge >= 0.3 is 6.09 Å². The second kappa shape index (κ2) is 10.9. The molecule has 0 bridgehead atoms. The number of aromatic nitrogens is 4. The first kappa shape index (κ1) is 26.2. The highest BCUT2D eigenvalue weighted by atomic mass is 16.6. The van der Waals surface area contributed by atoms with Crippen LogP contribution in [0.3, 0.4) is 0 Å². The van der Waals surface area contributed by atoms with Gasteiger partial charge in [0.25, 0.3) is 5.91 Å². The summed E-state index contributed by atoms with van der Waals surface area (Å²) >= 11 is 0. The molecule has 2 saturated heterocycles. The van der Waals surface area contributed by atoms with Crippen LogP contribution < -0.4 is 11.1 Å². The Hall–Kier alpha value is -3.03. The molecule has 4 fully saturated rings. The summed E-state index contributed by atoms with van der Waals surface area (Å²) in [5, 5.41) is 24.0. The van der Waals surface area contributed by atoms with Gasteiger partial charge in [0.15, 0.2) is 23.8 Å². The van der Waals surface area contributed by atoms with Crippen LogP contribution in [0.25, 0.3) is 11.2 Å². The fraction of sp³-hybridized carbons (Fsp3) is 0.731. The monoisotopic (exact) mass is 543 g/mol. The summed E-state index contributed by atoms with van der Waals surface area (Å²) in [7, 11) is 0. The summed E-state index contributed by atoms with van der Waals surface area (Å²) in [6, 6.07) is 0.106. The number of likely N-dealkylation sites (tertiary alicyclic amines) is 1. The van der Waals surface area contributed by atoms with Crippen molar-refractivity contribution in [2.75, 3.05) is 25.4 Å². The number of anilines is 1. The lowest BCUT2D eigenvalue weighted by Gasteiger charge is -2.31. The van der Waals surface area contributed by atoms with E-state index in [1.54, 1.807) is 0 Å². The number of nitrogens with zero attached hydrogens (tertiary/aromatic N) is 5. The minimum Gasteiger partial charge on any atom is -0.449 e. The van der Waals surface area contributed by atoms with Gasteiger partial charge in [-0.15, -0.1) is 0 Å². The van der Waals surface area contributed by atoms with Crippen LogP contribution in [-0.2, 0) is 20.7 Å². The van der Waals surface area contributed by atoms with Crippen LogP contribution in [0.1, 0.15) is 63.4 Å². The predicted molar refractivity (Wildman–Crippen MR) is 138 cm³/mol. The molecular formula is C26H37N7O6. The summed E-state index contributed by atoms with van der Waals surface area (Å²) in [5.41, 5.74) is 6.94.